The summed E-state index contributed by atoms with van der Waals surface area (Å²) in [6.07, 6.45) is 9.28. The largest absolute Gasteiger partial charge is 0.398 e. The highest BCUT2D eigenvalue weighted by Crippen LogP contribution is 2.34. The molecule has 0 aliphatic carbocycles. The number of nitrogens with two attached hydrogens (primary N) is 1. The molecule has 4 rings (SSSR count). The number of anilines is 2. The summed E-state index contributed by atoms with van der Waals surface area (Å²) >= 11 is 6.13. The number of hydrogen-bond acceptors (Lipinski definition) is 6. The Labute approximate surface area is 188 Å². The highest BCUT2D eigenvalue weighted by atomic mass is 35.5. The minimum Gasteiger partial charge on any atom is -0.398 e. The van der Waals surface area contributed by atoms with E-state index in [9.17, 15) is 0 Å². The maximum atomic E-state index is 9.15. The van der Waals surface area contributed by atoms with Gasteiger partial charge in [0.15, 0.2) is 5.82 Å². The molecule has 2 aliphatic rings. The van der Waals surface area contributed by atoms with Crippen molar-refractivity contribution in [2.75, 3.05) is 36.8 Å². The van der Waals surface area contributed by atoms with Crippen LogP contribution in [0.3, 0.4) is 0 Å². The van der Waals surface area contributed by atoms with E-state index in [4.69, 9.17) is 22.6 Å². The number of aryl methyl sites for hydroxylation is 1. The predicted octanol–water partition coefficient (Wildman–Crippen LogP) is 4.39. The molecule has 2 fully saturated rings. The first-order valence-corrected chi connectivity index (χ1v) is 11.0. The van der Waals surface area contributed by atoms with Crippen LogP contribution in [0.5, 0.6) is 0 Å². The molecule has 2 saturated heterocycles. The monoisotopic (exact) mass is 434 g/mol. The lowest BCUT2D eigenvalue weighted by atomic mass is 9.93. The number of hydrogen-bond donors (Lipinski definition) is 1. The smallest absolute Gasteiger partial charge is 0.150 e. The molecule has 0 spiro atoms. The maximum Gasteiger partial charge on any atom is 0.150 e. The van der Waals surface area contributed by atoms with Gasteiger partial charge in [-0.15, -0.1) is 0 Å². The van der Waals surface area contributed by atoms with Gasteiger partial charge >= 0.3 is 0 Å². The topological polar surface area (TPSA) is 82.1 Å². The summed E-state index contributed by atoms with van der Waals surface area (Å²) in [5.41, 5.74) is 10.7. The van der Waals surface area contributed by atoms with Gasteiger partial charge in [-0.3, -0.25) is 4.98 Å². The second-order valence-electron chi connectivity index (χ2n) is 8.31. The number of nitriles is 1. The first-order valence-electron chi connectivity index (χ1n) is 10.6. The predicted molar refractivity (Wildman–Crippen MR) is 126 cm³/mol. The molecular formula is C24H27ClN6. The number of nitrogen functional groups attached to an aromatic ring is 1. The molecule has 2 aromatic rings. The van der Waals surface area contributed by atoms with Gasteiger partial charge < -0.3 is 15.5 Å². The zero-order valence-corrected chi connectivity index (χ0v) is 18.5. The van der Waals surface area contributed by atoms with Gasteiger partial charge in [0.05, 0.1) is 11.8 Å². The van der Waals surface area contributed by atoms with Crippen molar-refractivity contribution in [2.45, 2.75) is 25.7 Å². The van der Waals surface area contributed by atoms with E-state index < -0.39 is 0 Å². The van der Waals surface area contributed by atoms with E-state index in [0.717, 1.165) is 67.4 Å². The average Bonchev–Trinajstić information content (AvgIpc) is 2.75. The van der Waals surface area contributed by atoms with Crippen molar-refractivity contribution in [3.63, 3.8) is 0 Å². The van der Waals surface area contributed by atoms with Crippen molar-refractivity contribution in [2.24, 2.45) is 5.92 Å². The fraction of sp³-hybridized carbons (Fsp3) is 0.375. The molecule has 31 heavy (non-hydrogen) atoms. The molecule has 0 bridgehead atoms. The number of rotatable bonds is 5. The van der Waals surface area contributed by atoms with Crippen LogP contribution < -0.4 is 10.6 Å². The van der Waals surface area contributed by atoms with Crippen LogP contribution in [0.2, 0.25) is 5.02 Å². The first kappa shape index (κ1) is 21.2. The van der Waals surface area contributed by atoms with Crippen LogP contribution in [0.15, 0.2) is 42.9 Å². The van der Waals surface area contributed by atoms with Gasteiger partial charge in [-0.25, -0.2) is 4.98 Å². The Morgan fingerprint density at radius 3 is 2.68 bits per heavy atom. The molecule has 0 radical (unpaired) electrons. The standard InChI is InChI=1S/C24H27ClN6/c1-16-11-19(22(27)12-21(16)25)4-3-17(2)31-14-20(15-31)23-24(29-8-7-28-23)30-9-5-18(13-26)6-10-30/h3-4,7-8,11-12,18,20H,2,5-6,9-10,14-15,27H2,1H3/b4-3-. The molecule has 0 saturated carbocycles. The zero-order valence-electron chi connectivity index (χ0n) is 17.8. The van der Waals surface area contributed by atoms with Gasteiger partial charge in [0.2, 0.25) is 0 Å². The molecule has 0 atom stereocenters. The highest BCUT2D eigenvalue weighted by molar-refractivity contribution is 6.31. The molecule has 7 heteroatoms. The van der Waals surface area contributed by atoms with Crippen molar-refractivity contribution in [3.8, 4) is 6.07 Å². The van der Waals surface area contributed by atoms with E-state index in [2.05, 4.69) is 32.4 Å². The quantitative estimate of drug-likeness (QED) is 0.555. The van der Waals surface area contributed by atoms with E-state index in [1.54, 1.807) is 18.5 Å². The first-order chi connectivity index (χ1) is 15.0. The Balaban J connectivity index is 1.39. The number of allylic oxidation sites excluding steroid dienone is 1. The van der Waals surface area contributed by atoms with Gasteiger partial charge in [0, 0.05) is 66.8 Å². The highest BCUT2D eigenvalue weighted by Gasteiger charge is 2.33. The summed E-state index contributed by atoms with van der Waals surface area (Å²) in [6, 6.07) is 6.16. The third-order valence-electron chi connectivity index (χ3n) is 6.18. The van der Waals surface area contributed by atoms with Crippen LogP contribution >= 0.6 is 11.6 Å². The zero-order chi connectivity index (χ0) is 22.0. The maximum absolute atomic E-state index is 9.15. The number of piperidine rings is 1. The number of likely N-dealkylation sites (tertiary alicyclic amines) is 1. The molecule has 1 aromatic carbocycles. The molecular weight excluding hydrogens is 408 g/mol. The number of nitrogens with zero attached hydrogens (tertiary/aromatic N) is 5. The van der Waals surface area contributed by atoms with E-state index in [1.807, 2.05) is 25.1 Å². The Kier molecular flexibility index (Phi) is 6.15. The lowest BCUT2D eigenvalue weighted by Crippen LogP contribution is -2.45. The molecule has 6 nitrogen and oxygen atoms in total. The molecule has 0 unspecified atom stereocenters. The van der Waals surface area contributed by atoms with Crippen LogP contribution in [0.4, 0.5) is 11.5 Å². The van der Waals surface area contributed by atoms with Crippen molar-refractivity contribution in [1.82, 2.24) is 14.9 Å². The van der Waals surface area contributed by atoms with Gasteiger partial charge in [-0.1, -0.05) is 24.3 Å². The Morgan fingerprint density at radius 1 is 1.26 bits per heavy atom. The van der Waals surface area contributed by atoms with Gasteiger partial charge in [0.1, 0.15) is 0 Å². The molecule has 2 aliphatic heterocycles. The van der Waals surface area contributed by atoms with Gasteiger partial charge in [-0.05, 0) is 49.1 Å². The molecule has 0 amide bonds. The van der Waals surface area contributed by atoms with Crippen molar-refractivity contribution in [1.29, 1.82) is 5.26 Å². The SMILES string of the molecule is C=C(/C=C\c1cc(C)c(Cl)cc1N)N1CC(c2nccnc2N2CCC(C#N)CC2)C1. The van der Waals surface area contributed by atoms with Crippen LogP contribution in [-0.2, 0) is 0 Å². The van der Waals surface area contributed by atoms with Crippen molar-refractivity contribution in [3.05, 3.63) is 64.7 Å². The number of aromatic nitrogens is 2. The second kappa shape index (κ2) is 8.99. The van der Waals surface area contributed by atoms with Gasteiger partial charge in [-0.2, -0.15) is 5.26 Å². The minimum absolute atomic E-state index is 0.157. The van der Waals surface area contributed by atoms with E-state index in [-0.39, 0.29) is 5.92 Å². The Bertz CT molecular complexity index is 1040. The van der Waals surface area contributed by atoms with Crippen LogP contribution in [0, 0.1) is 24.2 Å². The fourth-order valence-corrected chi connectivity index (χ4v) is 4.31. The Morgan fingerprint density at radius 2 is 1.97 bits per heavy atom. The summed E-state index contributed by atoms with van der Waals surface area (Å²) in [6.45, 7) is 9.62. The van der Waals surface area contributed by atoms with Crippen LogP contribution in [0.1, 0.15) is 35.6 Å². The van der Waals surface area contributed by atoms with Crippen LogP contribution in [-0.4, -0.2) is 41.0 Å². The van der Waals surface area contributed by atoms with Crippen LogP contribution in [0.25, 0.3) is 6.08 Å². The summed E-state index contributed by atoms with van der Waals surface area (Å²) in [5, 5.41) is 9.82. The molecule has 3 heterocycles. The Hall–Kier alpha value is -3.04. The van der Waals surface area contributed by atoms with Gasteiger partial charge in [0.25, 0.3) is 0 Å². The summed E-state index contributed by atoms with van der Waals surface area (Å²) in [4.78, 5) is 13.8. The van der Waals surface area contributed by atoms with E-state index >= 15 is 0 Å². The normalized spacial score (nSPS) is 17.6. The third-order valence-corrected chi connectivity index (χ3v) is 6.58. The minimum atomic E-state index is 0.157. The van der Waals surface area contributed by atoms with Crippen molar-refractivity contribution < 1.29 is 0 Å². The summed E-state index contributed by atoms with van der Waals surface area (Å²) in [5.74, 6) is 1.45. The molecule has 2 N–H and O–H groups in total. The summed E-state index contributed by atoms with van der Waals surface area (Å²) in [7, 11) is 0. The number of benzene rings is 1. The van der Waals surface area contributed by atoms with Crippen molar-refractivity contribution >= 4 is 29.2 Å². The average molecular weight is 435 g/mol. The van der Waals surface area contributed by atoms with E-state index in [1.165, 1.54) is 0 Å². The third kappa shape index (κ3) is 4.52. The summed E-state index contributed by atoms with van der Waals surface area (Å²) < 4.78 is 0. The second-order valence-corrected chi connectivity index (χ2v) is 8.72. The molecule has 1 aromatic heterocycles. The lowest BCUT2D eigenvalue weighted by molar-refractivity contribution is 0.203. The lowest BCUT2D eigenvalue weighted by Gasteiger charge is -2.42. The van der Waals surface area contributed by atoms with E-state index in [0.29, 0.717) is 16.6 Å². The number of halogens is 1. The molecule has 160 valence electrons. The fourth-order valence-electron chi connectivity index (χ4n) is 4.13.